The first-order valence-corrected chi connectivity index (χ1v) is 6.23. The molecule has 1 aliphatic heterocycles. The lowest BCUT2D eigenvalue weighted by molar-refractivity contribution is 0.198. The molecule has 2 rings (SSSR count). The molecule has 2 heterocycles. The van der Waals surface area contributed by atoms with Gasteiger partial charge in [-0.05, 0) is 33.9 Å². The Bertz CT molecular complexity index is 348. The quantitative estimate of drug-likeness (QED) is 0.837. The summed E-state index contributed by atoms with van der Waals surface area (Å²) < 4.78 is 0. The molecule has 0 spiro atoms. The fourth-order valence-corrected chi connectivity index (χ4v) is 3.09. The van der Waals surface area contributed by atoms with E-state index in [4.69, 9.17) is 0 Å². The SMILES string of the molecule is Cc1sc(C(C)O)nc1C1CCN(C)C1. The van der Waals surface area contributed by atoms with E-state index in [-0.39, 0.29) is 0 Å². The molecule has 2 atom stereocenters. The van der Waals surface area contributed by atoms with Crippen LogP contribution in [-0.2, 0) is 0 Å². The summed E-state index contributed by atoms with van der Waals surface area (Å²) in [6.07, 6.45) is 0.766. The second-order valence-corrected chi connectivity index (χ2v) is 5.65. The van der Waals surface area contributed by atoms with Crippen LogP contribution in [0.1, 0.15) is 40.9 Å². The second kappa shape index (κ2) is 4.20. The van der Waals surface area contributed by atoms with Crippen molar-refractivity contribution in [3.05, 3.63) is 15.6 Å². The summed E-state index contributed by atoms with van der Waals surface area (Å²) in [5.74, 6) is 0.568. The first-order valence-electron chi connectivity index (χ1n) is 5.41. The Labute approximate surface area is 94.8 Å². The van der Waals surface area contributed by atoms with Gasteiger partial charge < -0.3 is 10.0 Å². The van der Waals surface area contributed by atoms with Crippen LogP contribution in [0.15, 0.2) is 0 Å². The molecule has 0 aromatic carbocycles. The van der Waals surface area contributed by atoms with Gasteiger partial charge in [0.05, 0.1) is 5.69 Å². The highest BCUT2D eigenvalue weighted by molar-refractivity contribution is 7.11. The van der Waals surface area contributed by atoms with Crippen molar-refractivity contribution in [2.24, 2.45) is 0 Å². The average molecular weight is 226 g/mol. The Kier molecular flexibility index (Phi) is 3.09. The van der Waals surface area contributed by atoms with E-state index in [0.717, 1.165) is 18.1 Å². The Morgan fingerprint density at radius 1 is 1.60 bits per heavy atom. The van der Waals surface area contributed by atoms with E-state index in [9.17, 15) is 5.11 Å². The van der Waals surface area contributed by atoms with Gasteiger partial charge in [0.1, 0.15) is 11.1 Å². The van der Waals surface area contributed by atoms with E-state index < -0.39 is 6.10 Å². The number of thiazole rings is 1. The molecule has 2 unspecified atom stereocenters. The van der Waals surface area contributed by atoms with Gasteiger partial charge in [0.25, 0.3) is 0 Å². The van der Waals surface area contributed by atoms with Crippen LogP contribution >= 0.6 is 11.3 Å². The summed E-state index contributed by atoms with van der Waals surface area (Å²) in [6.45, 7) is 6.15. The largest absolute Gasteiger partial charge is 0.386 e. The van der Waals surface area contributed by atoms with Crippen LogP contribution < -0.4 is 0 Å². The van der Waals surface area contributed by atoms with Gasteiger partial charge in [0, 0.05) is 17.3 Å². The lowest BCUT2D eigenvalue weighted by Gasteiger charge is -2.08. The second-order valence-electron chi connectivity index (χ2n) is 4.42. The van der Waals surface area contributed by atoms with Crippen molar-refractivity contribution in [3.8, 4) is 0 Å². The third-order valence-corrected chi connectivity index (χ3v) is 4.14. The maximum atomic E-state index is 9.49. The van der Waals surface area contributed by atoms with Crippen LogP contribution in [0.3, 0.4) is 0 Å². The number of aryl methyl sites for hydroxylation is 1. The lowest BCUT2D eigenvalue weighted by atomic mass is 10.0. The molecule has 0 aliphatic carbocycles. The minimum absolute atomic E-state index is 0.429. The molecular formula is C11H18N2OS. The van der Waals surface area contributed by atoms with Crippen LogP contribution in [0, 0.1) is 6.92 Å². The van der Waals surface area contributed by atoms with Crippen molar-refractivity contribution in [1.82, 2.24) is 9.88 Å². The Morgan fingerprint density at radius 2 is 2.33 bits per heavy atom. The van der Waals surface area contributed by atoms with Crippen LogP contribution in [0.4, 0.5) is 0 Å². The fourth-order valence-electron chi connectivity index (χ4n) is 2.15. The molecule has 84 valence electrons. The van der Waals surface area contributed by atoms with E-state index >= 15 is 0 Å². The summed E-state index contributed by atoms with van der Waals surface area (Å²) in [6, 6.07) is 0. The summed E-state index contributed by atoms with van der Waals surface area (Å²) in [5.41, 5.74) is 1.21. The third-order valence-electron chi connectivity index (χ3n) is 2.98. The monoisotopic (exact) mass is 226 g/mol. The minimum Gasteiger partial charge on any atom is -0.386 e. The lowest BCUT2D eigenvalue weighted by Crippen LogP contribution is -2.13. The predicted molar refractivity (Wildman–Crippen MR) is 62.3 cm³/mol. The zero-order valence-corrected chi connectivity index (χ0v) is 10.3. The number of likely N-dealkylation sites (N-methyl/N-ethyl adjacent to an activating group) is 1. The highest BCUT2D eigenvalue weighted by Crippen LogP contribution is 2.32. The van der Waals surface area contributed by atoms with Crippen LogP contribution in [0.2, 0.25) is 0 Å². The Morgan fingerprint density at radius 3 is 2.80 bits per heavy atom. The molecule has 1 aromatic rings. The van der Waals surface area contributed by atoms with Crippen molar-refractivity contribution in [1.29, 1.82) is 0 Å². The Hall–Kier alpha value is -0.450. The van der Waals surface area contributed by atoms with Gasteiger partial charge in [-0.25, -0.2) is 4.98 Å². The van der Waals surface area contributed by atoms with E-state index in [1.54, 1.807) is 18.3 Å². The van der Waals surface area contributed by atoms with Crippen molar-refractivity contribution in [2.45, 2.75) is 32.3 Å². The maximum absolute atomic E-state index is 9.49. The number of rotatable bonds is 2. The van der Waals surface area contributed by atoms with Gasteiger partial charge in [-0.1, -0.05) is 0 Å². The molecule has 1 saturated heterocycles. The number of aromatic nitrogens is 1. The van der Waals surface area contributed by atoms with Gasteiger partial charge in [0.2, 0.25) is 0 Å². The molecule has 0 amide bonds. The number of likely N-dealkylation sites (tertiary alicyclic amines) is 1. The van der Waals surface area contributed by atoms with Crippen LogP contribution in [-0.4, -0.2) is 35.1 Å². The molecular weight excluding hydrogens is 208 g/mol. The zero-order valence-electron chi connectivity index (χ0n) is 9.53. The van der Waals surface area contributed by atoms with E-state index in [1.165, 1.54) is 17.0 Å². The first kappa shape index (κ1) is 11.0. The summed E-state index contributed by atoms with van der Waals surface area (Å²) >= 11 is 1.63. The van der Waals surface area contributed by atoms with Crippen LogP contribution in [0.25, 0.3) is 0 Å². The summed E-state index contributed by atoms with van der Waals surface area (Å²) in [4.78, 5) is 8.18. The minimum atomic E-state index is -0.429. The number of aliphatic hydroxyl groups is 1. The van der Waals surface area contributed by atoms with Gasteiger partial charge >= 0.3 is 0 Å². The van der Waals surface area contributed by atoms with E-state index in [0.29, 0.717) is 5.92 Å². The number of nitrogens with zero attached hydrogens (tertiary/aromatic N) is 2. The zero-order chi connectivity index (χ0) is 11.0. The molecule has 3 nitrogen and oxygen atoms in total. The molecule has 1 aliphatic rings. The normalized spacial score (nSPS) is 24.7. The van der Waals surface area contributed by atoms with E-state index in [1.807, 2.05) is 0 Å². The molecule has 1 N–H and O–H groups in total. The molecule has 1 aromatic heterocycles. The van der Waals surface area contributed by atoms with Crippen molar-refractivity contribution in [2.75, 3.05) is 20.1 Å². The standard InChI is InChI=1S/C11H18N2OS/c1-7(14)11-12-10(8(2)15-11)9-4-5-13(3)6-9/h7,9,14H,4-6H2,1-3H3. The highest BCUT2D eigenvalue weighted by Gasteiger charge is 2.25. The summed E-state index contributed by atoms with van der Waals surface area (Å²) in [5, 5.41) is 10.4. The van der Waals surface area contributed by atoms with Crippen molar-refractivity contribution in [3.63, 3.8) is 0 Å². The van der Waals surface area contributed by atoms with Crippen LogP contribution in [0.5, 0.6) is 0 Å². The van der Waals surface area contributed by atoms with Gasteiger partial charge in [-0.3, -0.25) is 0 Å². The fraction of sp³-hybridized carbons (Fsp3) is 0.727. The molecule has 1 fully saturated rings. The number of hydrogen-bond acceptors (Lipinski definition) is 4. The average Bonchev–Trinajstić information content (AvgIpc) is 2.71. The molecule has 0 bridgehead atoms. The molecule has 15 heavy (non-hydrogen) atoms. The molecule has 0 saturated carbocycles. The predicted octanol–water partition coefficient (Wildman–Crippen LogP) is 1.92. The Balaban J connectivity index is 2.21. The molecule has 4 heteroatoms. The maximum Gasteiger partial charge on any atom is 0.121 e. The molecule has 0 radical (unpaired) electrons. The van der Waals surface area contributed by atoms with Crippen molar-refractivity contribution < 1.29 is 5.11 Å². The number of aliphatic hydroxyl groups excluding tert-OH is 1. The number of hydrogen-bond donors (Lipinski definition) is 1. The third kappa shape index (κ3) is 2.22. The van der Waals surface area contributed by atoms with Gasteiger partial charge in [-0.15, -0.1) is 11.3 Å². The smallest absolute Gasteiger partial charge is 0.121 e. The first-order chi connectivity index (χ1) is 7.08. The van der Waals surface area contributed by atoms with Gasteiger partial charge in [0.15, 0.2) is 0 Å². The summed E-state index contributed by atoms with van der Waals surface area (Å²) in [7, 11) is 2.15. The topological polar surface area (TPSA) is 36.4 Å². The van der Waals surface area contributed by atoms with Gasteiger partial charge in [-0.2, -0.15) is 0 Å². The highest BCUT2D eigenvalue weighted by atomic mass is 32.1. The van der Waals surface area contributed by atoms with Crippen molar-refractivity contribution >= 4 is 11.3 Å². The van der Waals surface area contributed by atoms with E-state index in [2.05, 4.69) is 23.9 Å².